The normalized spacial score (nSPS) is 9.93. The Bertz CT molecular complexity index is 379. The zero-order valence-corrected chi connectivity index (χ0v) is 9.57. The highest BCUT2D eigenvalue weighted by molar-refractivity contribution is 9.10. The Morgan fingerprint density at radius 1 is 1.47 bits per heavy atom. The summed E-state index contributed by atoms with van der Waals surface area (Å²) in [6.07, 6.45) is 0.767. The van der Waals surface area contributed by atoms with Gasteiger partial charge in [-0.1, -0.05) is 28.1 Å². The van der Waals surface area contributed by atoms with Gasteiger partial charge in [0.15, 0.2) is 0 Å². The number of ketones is 1. The molecule has 0 radical (unpaired) electrons. The molecule has 0 heterocycles. The standard InChI is InChI=1S/C10H10BrNO3/c11-9-3-1-2-8(6-9)4-5-10(13)7-12(14)15/h1-3,6H,4-5,7H2. The third-order valence-corrected chi connectivity index (χ3v) is 2.38. The van der Waals surface area contributed by atoms with Crippen LogP contribution in [0, 0.1) is 10.1 Å². The van der Waals surface area contributed by atoms with Crippen molar-refractivity contribution in [2.24, 2.45) is 0 Å². The van der Waals surface area contributed by atoms with Crippen LogP contribution in [0.25, 0.3) is 0 Å². The van der Waals surface area contributed by atoms with Crippen molar-refractivity contribution in [1.29, 1.82) is 0 Å². The summed E-state index contributed by atoms with van der Waals surface area (Å²) in [6.45, 7) is -0.575. The van der Waals surface area contributed by atoms with Crippen molar-refractivity contribution in [2.45, 2.75) is 12.8 Å². The molecule has 4 nitrogen and oxygen atoms in total. The number of aryl methyl sites for hydroxylation is 1. The van der Waals surface area contributed by atoms with E-state index in [1.807, 2.05) is 24.3 Å². The first-order valence-corrected chi connectivity index (χ1v) is 5.25. The number of carbonyl (C=O) groups excluding carboxylic acids is 1. The molecule has 0 aliphatic heterocycles. The summed E-state index contributed by atoms with van der Waals surface area (Å²) in [6, 6.07) is 7.56. The molecule has 80 valence electrons. The van der Waals surface area contributed by atoms with Gasteiger partial charge in [0.2, 0.25) is 5.78 Å². The fourth-order valence-corrected chi connectivity index (χ4v) is 1.65. The van der Waals surface area contributed by atoms with Crippen LogP contribution in [-0.2, 0) is 11.2 Å². The van der Waals surface area contributed by atoms with Gasteiger partial charge in [0.1, 0.15) is 0 Å². The van der Waals surface area contributed by atoms with Gasteiger partial charge in [0.25, 0.3) is 6.54 Å². The highest BCUT2D eigenvalue weighted by atomic mass is 79.9. The van der Waals surface area contributed by atoms with Crippen LogP contribution in [0.1, 0.15) is 12.0 Å². The quantitative estimate of drug-likeness (QED) is 0.610. The summed E-state index contributed by atoms with van der Waals surface area (Å²) in [5.41, 5.74) is 1.00. The highest BCUT2D eigenvalue weighted by Gasteiger charge is 2.09. The van der Waals surface area contributed by atoms with Crippen LogP contribution in [0.3, 0.4) is 0 Å². The molecule has 1 rings (SSSR count). The molecule has 0 bridgehead atoms. The Balaban J connectivity index is 2.43. The van der Waals surface area contributed by atoms with Crippen LogP contribution < -0.4 is 0 Å². The van der Waals surface area contributed by atoms with Crippen molar-refractivity contribution in [3.05, 3.63) is 44.4 Å². The maximum atomic E-state index is 11.1. The topological polar surface area (TPSA) is 60.2 Å². The van der Waals surface area contributed by atoms with E-state index in [2.05, 4.69) is 15.9 Å². The van der Waals surface area contributed by atoms with Crippen LogP contribution in [0.5, 0.6) is 0 Å². The van der Waals surface area contributed by atoms with Crippen molar-refractivity contribution in [2.75, 3.05) is 6.54 Å². The number of rotatable bonds is 5. The molecule has 0 N–H and O–H groups in total. The lowest BCUT2D eigenvalue weighted by Gasteiger charge is -1.99. The molecular weight excluding hydrogens is 262 g/mol. The van der Waals surface area contributed by atoms with E-state index < -0.39 is 11.5 Å². The van der Waals surface area contributed by atoms with Gasteiger partial charge in [0.05, 0.1) is 0 Å². The number of benzene rings is 1. The molecule has 0 aromatic heterocycles. The van der Waals surface area contributed by atoms with Gasteiger partial charge in [-0.2, -0.15) is 0 Å². The first-order valence-electron chi connectivity index (χ1n) is 4.46. The number of Topliss-reactive ketones (excluding diaryl/α,β-unsaturated/α-hetero) is 1. The predicted octanol–water partition coefficient (Wildman–Crippen LogP) is 2.23. The van der Waals surface area contributed by atoms with Gasteiger partial charge < -0.3 is 0 Å². The zero-order chi connectivity index (χ0) is 11.3. The average molecular weight is 272 g/mol. The summed E-state index contributed by atoms with van der Waals surface area (Å²) in [4.78, 5) is 20.5. The van der Waals surface area contributed by atoms with Crippen LogP contribution in [0.15, 0.2) is 28.7 Å². The fraction of sp³-hybridized carbons (Fsp3) is 0.300. The number of carbonyl (C=O) groups is 1. The lowest BCUT2D eigenvalue weighted by molar-refractivity contribution is -0.467. The van der Waals surface area contributed by atoms with E-state index in [0.29, 0.717) is 6.42 Å². The second-order valence-electron chi connectivity index (χ2n) is 3.16. The minimum absolute atomic E-state index is 0.220. The van der Waals surface area contributed by atoms with E-state index in [1.54, 1.807) is 0 Å². The summed E-state index contributed by atoms with van der Waals surface area (Å²) in [5.74, 6) is -0.333. The number of hydrogen-bond donors (Lipinski definition) is 0. The third kappa shape index (κ3) is 4.69. The predicted molar refractivity (Wildman–Crippen MR) is 59.3 cm³/mol. The maximum Gasteiger partial charge on any atom is 0.261 e. The summed E-state index contributed by atoms with van der Waals surface area (Å²) < 4.78 is 0.946. The van der Waals surface area contributed by atoms with Gasteiger partial charge in [0, 0.05) is 15.8 Å². The van der Waals surface area contributed by atoms with Crippen LogP contribution in [-0.4, -0.2) is 17.3 Å². The molecule has 1 aromatic rings. The van der Waals surface area contributed by atoms with Crippen LogP contribution >= 0.6 is 15.9 Å². The lowest BCUT2D eigenvalue weighted by Crippen LogP contribution is -2.13. The average Bonchev–Trinajstić information content (AvgIpc) is 2.14. The van der Waals surface area contributed by atoms with Crippen molar-refractivity contribution >= 4 is 21.7 Å². The van der Waals surface area contributed by atoms with Gasteiger partial charge in [-0.05, 0) is 24.1 Å². The molecule has 1 aromatic carbocycles. The van der Waals surface area contributed by atoms with E-state index in [9.17, 15) is 14.9 Å². The van der Waals surface area contributed by atoms with Gasteiger partial charge in [-0.15, -0.1) is 0 Å². The molecule has 0 saturated carbocycles. The third-order valence-electron chi connectivity index (χ3n) is 1.89. The summed E-state index contributed by atoms with van der Waals surface area (Å²) >= 11 is 3.32. The molecule has 0 unspecified atom stereocenters. The Morgan fingerprint density at radius 2 is 2.20 bits per heavy atom. The molecule has 0 fully saturated rings. The van der Waals surface area contributed by atoms with Crippen molar-refractivity contribution in [3.63, 3.8) is 0 Å². The highest BCUT2D eigenvalue weighted by Crippen LogP contribution is 2.12. The van der Waals surface area contributed by atoms with E-state index in [0.717, 1.165) is 10.0 Å². The van der Waals surface area contributed by atoms with E-state index >= 15 is 0 Å². The first-order chi connectivity index (χ1) is 7.08. The molecule has 0 amide bonds. The largest absolute Gasteiger partial charge is 0.292 e. The lowest BCUT2D eigenvalue weighted by atomic mass is 10.1. The maximum absolute atomic E-state index is 11.1. The van der Waals surface area contributed by atoms with Crippen molar-refractivity contribution in [1.82, 2.24) is 0 Å². The summed E-state index contributed by atoms with van der Waals surface area (Å²) in [5, 5.41) is 10.1. The second-order valence-corrected chi connectivity index (χ2v) is 4.08. The van der Waals surface area contributed by atoms with E-state index in [4.69, 9.17) is 0 Å². The Morgan fingerprint density at radius 3 is 2.80 bits per heavy atom. The number of nitrogens with zero attached hydrogens (tertiary/aromatic N) is 1. The van der Waals surface area contributed by atoms with Gasteiger partial charge >= 0.3 is 0 Å². The molecule has 0 spiro atoms. The van der Waals surface area contributed by atoms with Gasteiger partial charge in [-0.25, -0.2) is 0 Å². The number of nitro groups is 1. The molecule has 0 aliphatic carbocycles. The molecular formula is C10H10BrNO3. The van der Waals surface area contributed by atoms with Crippen LogP contribution in [0.4, 0.5) is 0 Å². The van der Waals surface area contributed by atoms with Crippen LogP contribution in [0.2, 0.25) is 0 Å². The number of halogens is 1. The molecule has 5 heteroatoms. The Labute approximate surface area is 95.6 Å². The fourth-order valence-electron chi connectivity index (χ4n) is 1.20. The second kappa shape index (κ2) is 5.60. The minimum atomic E-state index is -0.594. The monoisotopic (exact) mass is 271 g/mol. The number of hydrogen-bond acceptors (Lipinski definition) is 3. The smallest absolute Gasteiger partial charge is 0.261 e. The molecule has 0 atom stereocenters. The van der Waals surface area contributed by atoms with Crippen molar-refractivity contribution < 1.29 is 9.72 Å². The Kier molecular flexibility index (Phi) is 4.42. The van der Waals surface area contributed by atoms with E-state index in [-0.39, 0.29) is 12.2 Å². The van der Waals surface area contributed by atoms with Gasteiger partial charge in [-0.3, -0.25) is 14.9 Å². The van der Waals surface area contributed by atoms with Crippen molar-refractivity contribution in [3.8, 4) is 0 Å². The Hall–Kier alpha value is -1.23. The molecule has 0 aliphatic rings. The molecule has 15 heavy (non-hydrogen) atoms. The zero-order valence-electron chi connectivity index (χ0n) is 7.98. The first kappa shape index (κ1) is 11.8. The SMILES string of the molecule is O=C(CCc1cccc(Br)c1)C[N+](=O)[O-]. The molecule has 0 saturated heterocycles. The minimum Gasteiger partial charge on any atom is -0.292 e. The summed E-state index contributed by atoms with van der Waals surface area (Å²) in [7, 11) is 0. The van der Waals surface area contributed by atoms with E-state index in [1.165, 1.54) is 0 Å².